The molecule has 26 heavy (non-hydrogen) atoms. The number of nitrogens with zero attached hydrogens (tertiary/aromatic N) is 1. The molecule has 0 aliphatic carbocycles. The molecule has 4 rings (SSSR count). The number of amides is 1. The third-order valence-corrected chi connectivity index (χ3v) is 4.33. The summed E-state index contributed by atoms with van der Waals surface area (Å²) in [4.78, 5) is 24.6. The number of carbonyl (C=O) groups is 2. The molecule has 3 aromatic rings. The predicted molar refractivity (Wildman–Crippen MR) is 97.3 cm³/mol. The van der Waals surface area contributed by atoms with Crippen LogP contribution in [-0.4, -0.2) is 29.6 Å². The van der Waals surface area contributed by atoms with E-state index in [1.54, 1.807) is 12.3 Å². The maximum Gasteiger partial charge on any atom is 0.257 e. The average molecular weight is 350 g/mol. The first-order chi connectivity index (χ1) is 12.6. The summed E-state index contributed by atoms with van der Waals surface area (Å²) in [5.74, 6) is -0.413. The molecule has 0 saturated carbocycles. The first-order valence-electron chi connectivity index (χ1n) is 8.39. The number of rotatable bonds is 3. The van der Waals surface area contributed by atoms with E-state index >= 15 is 0 Å². The fraction of sp³-hybridized carbons (Fsp3) is 0.200. The van der Waals surface area contributed by atoms with Crippen molar-refractivity contribution in [3.63, 3.8) is 0 Å². The summed E-state index contributed by atoms with van der Waals surface area (Å²) in [6, 6.07) is 14.7. The monoisotopic (exact) mass is 350 g/mol. The Labute approximate surface area is 150 Å². The third-order valence-electron chi connectivity index (χ3n) is 4.33. The van der Waals surface area contributed by atoms with Crippen molar-refractivity contribution in [3.8, 4) is 0 Å². The summed E-state index contributed by atoms with van der Waals surface area (Å²) >= 11 is 0. The molecule has 6 nitrogen and oxygen atoms in total. The lowest BCUT2D eigenvalue weighted by Gasteiger charge is -2.11. The second-order valence-electron chi connectivity index (χ2n) is 6.10. The lowest BCUT2D eigenvalue weighted by atomic mass is 10.1. The van der Waals surface area contributed by atoms with Gasteiger partial charge in [0.15, 0.2) is 6.29 Å². The van der Waals surface area contributed by atoms with Crippen molar-refractivity contribution >= 4 is 28.4 Å². The van der Waals surface area contributed by atoms with Crippen molar-refractivity contribution in [2.45, 2.75) is 13.2 Å². The van der Waals surface area contributed by atoms with Crippen LogP contribution in [0.5, 0.6) is 0 Å². The second kappa shape index (κ2) is 6.74. The highest BCUT2D eigenvalue weighted by Gasteiger charge is 2.20. The maximum absolute atomic E-state index is 12.8. The van der Waals surface area contributed by atoms with Crippen molar-refractivity contribution in [1.29, 1.82) is 0 Å². The van der Waals surface area contributed by atoms with Crippen molar-refractivity contribution in [3.05, 3.63) is 65.9 Å². The standard InChI is InChI=1S/C20H18N2O4/c1-13(23)22-12-17(16-7-2-3-8-18(16)22)19(24)21-15-6-4-5-14(11-15)20-25-9-10-26-20/h2-8,11-12,20H,9-10H2,1H3,(H,21,24). The molecule has 1 amide bonds. The van der Waals surface area contributed by atoms with Gasteiger partial charge < -0.3 is 14.8 Å². The first kappa shape index (κ1) is 16.5. The molecule has 1 aliphatic rings. The maximum atomic E-state index is 12.8. The number of ether oxygens (including phenoxy) is 2. The summed E-state index contributed by atoms with van der Waals surface area (Å²) in [5, 5.41) is 3.63. The van der Waals surface area contributed by atoms with E-state index in [1.807, 2.05) is 42.5 Å². The number of benzene rings is 2. The zero-order chi connectivity index (χ0) is 18.1. The average Bonchev–Trinajstić information content (AvgIpc) is 3.30. The second-order valence-corrected chi connectivity index (χ2v) is 6.10. The van der Waals surface area contributed by atoms with E-state index in [0.29, 0.717) is 30.0 Å². The minimum atomic E-state index is -0.397. The molecule has 0 atom stereocenters. The molecule has 1 N–H and O–H groups in total. The van der Waals surface area contributed by atoms with Gasteiger partial charge in [0, 0.05) is 29.8 Å². The summed E-state index contributed by atoms with van der Waals surface area (Å²) in [6.07, 6.45) is 1.18. The van der Waals surface area contributed by atoms with E-state index in [0.717, 1.165) is 10.9 Å². The molecule has 0 bridgehead atoms. The molecule has 1 aromatic heterocycles. The number of nitrogens with one attached hydrogen (secondary N) is 1. The van der Waals surface area contributed by atoms with Gasteiger partial charge in [-0.1, -0.05) is 30.3 Å². The number of anilines is 1. The Kier molecular flexibility index (Phi) is 4.28. The first-order valence-corrected chi connectivity index (χ1v) is 8.39. The van der Waals surface area contributed by atoms with E-state index in [1.165, 1.54) is 11.5 Å². The molecule has 132 valence electrons. The van der Waals surface area contributed by atoms with Crippen LogP contribution in [0.15, 0.2) is 54.7 Å². The van der Waals surface area contributed by atoms with Gasteiger partial charge >= 0.3 is 0 Å². The zero-order valence-electron chi connectivity index (χ0n) is 14.3. The van der Waals surface area contributed by atoms with Crippen LogP contribution in [0.1, 0.15) is 33.9 Å². The molecule has 2 aromatic carbocycles. The molecule has 1 saturated heterocycles. The van der Waals surface area contributed by atoms with Gasteiger partial charge in [0.2, 0.25) is 5.91 Å². The molecule has 1 fully saturated rings. The van der Waals surface area contributed by atoms with Crippen LogP contribution >= 0.6 is 0 Å². The molecular formula is C20H18N2O4. The Morgan fingerprint density at radius 2 is 1.85 bits per heavy atom. The van der Waals surface area contributed by atoms with Crippen LogP contribution in [0, 0.1) is 0 Å². The highest BCUT2D eigenvalue weighted by Crippen LogP contribution is 2.26. The van der Waals surface area contributed by atoms with E-state index in [4.69, 9.17) is 9.47 Å². The smallest absolute Gasteiger partial charge is 0.257 e. The van der Waals surface area contributed by atoms with E-state index < -0.39 is 6.29 Å². The van der Waals surface area contributed by atoms with Crippen molar-refractivity contribution in [1.82, 2.24) is 4.57 Å². The van der Waals surface area contributed by atoms with E-state index in [-0.39, 0.29) is 11.8 Å². The van der Waals surface area contributed by atoms with Crippen LogP contribution in [0.4, 0.5) is 5.69 Å². The lowest BCUT2D eigenvalue weighted by Crippen LogP contribution is -2.12. The van der Waals surface area contributed by atoms with Gasteiger partial charge in [0.1, 0.15) is 0 Å². The summed E-state index contributed by atoms with van der Waals surface area (Å²) in [7, 11) is 0. The number of aromatic nitrogens is 1. The molecular weight excluding hydrogens is 332 g/mol. The Morgan fingerprint density at radius 1 is 1.08 bits per heavy atom. The fourth-order valence-corrected chi connectivity index (χ4v) is 3.13. The van der Waals surface area contributed by atoms with E-state index in [9.17, 15) is 9.59 Å². The predicted octanol–water partition coefficient (Wildman–Crippen LogP) is 3.60. The summed E-state index contributed by atoms with van der Waals surface area (Å²) < 4.78 is 12.5. The third kappa shape index (κ3) is 3.00. The normalized spacial score (nSPS) is 14.7. The molecule has 0 radical (unpaired) electrons. The minimum Gasteiger partial charge on any atom is -0.346 e. The number of carbonyl (C=O) groups excluding carboxylic acids is 2. The highest BCUT2D eigenvalue weighted by molar-refractivity contribution is 6.14. The summed E-state index contributed by atoms with van der Waals surface area (Å²) in [5.41, 5.74) is 2.67. The quantitative estimate of drug-likeness (QED) is 0.784. The van der Waals surface area contributed by atoms with Crippen LogP contribution < -0.4 is 5.32 Å². The topological polar surface area (TPSA) is 69.6 Å². The number of para-hydroxylation sites is 1. The van der Waals surface area contributed by atoms with Crippen LogP contribution in [0.2, 0.25) is 0 Å². The molecule has 2 heterocycles. The largest absolute Gasteiger partial charge is 0.346 e. The molecule has 6 heteroatoms. The summed E-state index contributed by atoms with van der Waals surface area (Å²) in [6.45, 7) is 2.59. The number of hydrogen-bond donors (Lipinski definition) is 1. The Balaban J connectivity index is 1.64. The Bertz CT molecular complexity index is 986. The minimum absolute atomic E-state index is 0.141. The van der Waals surface area contributed by atoms with Gasteiger partial charge in [-0.3, -0.25) is 14.2 Å². The number of hydrogen-bond acceptors (Lipinski definition) is 4. The number of fused-ring (bicyclic) bond motifs is 1. The van der Waals surface area contributed by atoms with Gasteiger partial charge in [-0.05, 0) is 18.2 Å². The van der Waals surface area contributed by atoms with Gasteiger partial charge in [0.05, 0.1) is 24.3 Å². The molecule has 0 spiro atoms. The van der Waals surface area contributed by atoms with Crippen LogP contribution in [0.3, 0.4) is 0 Å². The van der Waals surface area contributed by atoms with Crippen LogP contribution in [0.25, 0.3) is 10.9 Å². The lowest BCUT2D eigenvalue weighted by molar-refractivity contribution is -0.0440. The SMILES string of the molecule is CC(=O)n1cc(C(=O)Nc2cccc(C3OCCO3)c2)c2ccccc21. The molecule has 0 unspecified atom stereocenters. The Hall–Kier alpha value is -2.96. The fourth-order valence-electron chi connectivity index (χ4n) is 3.13. The Morgan fingerprint density at radius 3 is 2.62 bits per heavy atom. The van der Waals surface area contributed by atoms with Gasteiger partial charge in [-0.15, -0.1) is 0 Å². The van der Waals surface area contributed by atoms with E-state index in [2.05, 4.69) is 5.32 Å². The van der Waals surface area contributed by atoms with Crippen molar-refractivity contribution in [2.75, 3.05) is 18.5 Å². The zero-order valence-corrected chi connectivity index (χ0v) is 14.3. The molecule has 1 aliphatic heterocycles. The van der Waals surface area contributed by atoms with Crippen molar-refractivity contribution in [2.24, 2.45) is 0 Å². The van der Waals surface area contributed by atoms with Gasteiger partial charge in [-0.2, -0.15) is 0 Å². The highest BCUT2D eigenvalue weighted by atomic mass is 16.7. The van der Waals surface area contributed by atoms with Gasteiger partial charge in [0.25, 0.3) is 5.91 Å². The van der Waals surface area contributed by atoms with Crippen LogP contribution in [-0.2, 0) is 9.47 Å². The van der Waals surface area contributed by atoms with Crippen molar-refractivity contribution < 1.29 is 19.1 Å². The van der Waals surface area contributed by atoms with Gasteiger partial charge in [-0.25, -0.2) is 0 Å².